The van der Waals surface area contributed by atoms with Gasteiger partial charge in [0.15, 0.2) is 0 Å². The normalized spacial score (nSPS) is 16.0. The molecule has 0 N–H and O–H groups in total. The Labute approximate surface area is 201 Å². The molecule has 5 heteroatoms. The summed E-state index contributed by atoms with van der Waals surface area (Å²) in [5.41, 5.74) is 2.67. The van der Waals surface area contributed by atoms with Crippen LogP contribution in [0.25, 0.3) is 0 Å². The molecule has 1 aliphatic heterocycles. The van der Waals surface area contributed by atoms with Crippen molar-refractivity contribution in [3.05, 3.63) is 64.1 Å². The Kier molecular flexibility index (Phi) is 9.34. The highest BCUT2D eigenvalue weighted by atomic mass is 79.9. The SMILES string of the molecule is CC(C)CC(=O)N1CCCCCCCCN(C(=O)c2cccc(Br)c2)Cc2ccccc21. The van der Waals surface area contributed by atoms with Gasteiger partial charge in [0.25, 0.3) is 5.91 Å². The summed E-state index contributed by atoms with van der Waals surface area (Å²) in [5, 5.41) is 0. The third-order valence-corrected chi connectivity index (χ3v) is 6.44. The molecule has 0 saturated heterocycles. The van der Waals surface area contributed by atoms with Gasteiger partial charge in [0, 0.05) is 41.8 Å². The quantitative estimate of drug-likeness (QED) is 0.465. The molecule has 172 valence electrons. The first-order valence-electron chi connectivity index (χ1n) is 11.9. The average Bonchev–Trinajstić information content (AvgIpc) is 2.78. The average molecular weight is 499 g/mol. The Bertz CT molecular complexity index is 912. The number of carbonyl (C=O) groups excluding carboxylic acids is 2. The van der Waals surface area contributed by atoms with E-state index in [1.165, 1.54) is 12.8 Å². The summed E-state index contributed by atoms with van der Waals surface area (Å²) in [7, 11) is 0. The van der Waals surface area contributed by atoms with Crippen molar-refractivity contribution in [3.8, 4) is 0 Å². The predicted molar refractivity (Wildman–Crippen MR) is 135 cm³/mol. The molecule has 0 fully saturated rings. The molecule has 0 saturated carbocycles. The van der Waals surface area contributed by atoms with Crippen LogP contribution in [0.4, 0.5) is 5.69 Å². The van der Waals surface area contributed by atoms with E-state index in [0.29, 0.717) is 24.4 Å². The summed E-state index contributed by atoms with van der Waals surface area (Å²) >= 11 is 3.49. The van der Waals surface area contributed by atoms with Gasteiger partial charge in [-0.05, 0) is 48.6 Å². The third-order valence-electron chi connectivity index (χ3n) is 5.95. The number of halogens is 1. The third kappa shape index (κ3) is 6.93. The maximum Gasteiger partial charge on any atom is 0.254 e. The maximum atomic E-state index is 13.4. The zero-order valence-electron chi connectivity index (χ0n) is 19.4. The van der Waals surface area contributed by atoms with Gasteiger partial charge in [0.1, 0.15) is 0 Å². The topological polar surface area (TPSA) is 40.6 Å². The van der Waals surface area contributed by atoms with Crippen LogP contribution in [-0.2, 0) is 11.3 Å². The highest BCUT2D eigenvalue weighted by Gasteiger charge is 2.23. The number of amides is 2. The first-order chi connectivity index (χ1) is 15.5. The van der Waals surface area contributed by atoms with Crippen LogP contribution in [-0.4, -0.2) is 29.8 Å². The van der Waals surface area contributed by atoms with E-state index in [-0.39, 0.29) is 11.8 Å². The minimum atomic E-state index is 0.0380. The standard InChI is InChI=1S/C27H35BrN2O2/c1-21(2)18-26(31)30-17-10-6-4-3-5-9-16-29(20-23-12-7-8-15-25(23)30)27(32)22-13-11-14-24(28)19-22/h7-8,11-15,19,21H,3-6,9-10,16-18,20H2,1-2H3. The summed E-state index contributed by atoms with van der Waals surface area (Å²) in [6, 6.07) is 15.7. The first-order valence-corrected chi connectivity index (χ1v) is 12.7. The van der Waals surface area contributed by atoms with Crippen LogP contribution >= 0.6 is 15.9 Å². The van der Waals surface area contributed by atoms with Gasteiger partial charge >= 0.3 is 0 Å². The Balaban J connectivity index is 1.94. The summed E-state index contributed by atoms with van der Waals surface area (Å²) in [6.45, 7) is 6.14. The zero-order chi connectivity index (χ0) is 22.9. The van der Waals surface area contributed by atoms with Crippen LogP contribution in [0.2, 0.25) is 0 Å². The predicted octanol–water partition coefficient (Wildman–Crippen LogP) is 6.82. The number of benzene rings is 2. The molecule has 0 aromatic heterocycles. The second-order valence-electron chi connectivity index (χ2n) is 9.13. The van der Waals surface area contributed by atoms with Crippen molar-refractivity contribution in [2.45, 2.75) is 65.3 Å². The van der Waals surface area contributed by atoms with Crippen LogP contribution in [0.5, 0.6) is 0 Å². The largest absolute Gasteiger partial charge is 0.334 e. The fraction of sp³-hybridized carbons (Fsp3) is 0.481. The molecule has 0 radical (unpaired) electrons. The van der Waals surface area contributed by atoms with E-state index < -0.39 is 0 Å². The Morgan fingerprint density at radius 3 is 2.31 bits per heavy atom. The van der Waals surface area contributed by atoms with Crippen molar-refractivity contribution in [3.63, 3.8) is 0 Å². The molecule has 0 atom stereocenters. The van der Waals surface area contributed by atoms with Crippen molar-refractivity contribution in [1.82, 2.24) is 4.90 Å². The number of hydrogen-bond acceptors (Lipinski definition) is 2. The van der Waals surface area contributed by atoms with Crippen LogP contribution in [0, 0.1) is 5.92 Å². The smallest absolute Gasteiger partial charge is 0.254 e. The van der Waals surface area contributed by atoms with E-state index in [0.717, 1.165) is 54.5 Å². The number of fused-ring (bicyclic) bond motifs is 1. The van der Waals surface area contributed by atoms with Gasteiger partial charge in [-0.1, -0.05) is 79.7 Å². The number of hydrogen-bond donors (Lipinski definition) is 0. The number of rotatable bonds is 3. The zero-order valence-corrected chi connectivity index (χ0v) is 20.9. The van der Waals surface area contributed by atoms with Gasteiger partial charge in [-0.3, -0.25) is 9.59 Å². The molecule has 4 nitrogen and oxygen atoms in total. The highest BCUT2D eigenvalue weighted by Crippen LogP contribution is 2.26. The molecule has 0 spiro atoms. The Morgan fingerprint density at radius 1 is 0.906 bits per heavy atom. The Morgan fingerprint density at radius 2 is 1.59 bits per heavy atom. The van der Waals surface area contributed by atoms with Gasteiger partial charge in [-0.25, -0.2) is 0 Å². The van der Waals surface area contributed by atoms with Crippen molar-refractivity contribution >= 4 is 33.4 Å². The molecule has 0 bridgehead atoms. The summed E-state index contributed by atoms with van der Waals surface area (Å²) < 4.78 is 0.903. The molecular weight excluding hydrogens is 464 g/mol. The van der Waals surface area contributed by atoms with Crippen molar-refractivity contribution in [1.29, 1.82) is 0 Å². The lowest BCUT2D eigenvalue weighted by molar-refractivity contribution is -0.119. The summed E-state index contributed by atoms with van der Waals surface area (Å²) in [4.78, 5) is 30.5. The van der Waals surface area contributed by atoms with Crippen LogP contribution in [0.3, 0.4) is 0 Å². The first kappa shape index (κ1) is 24.5. The molecule has 32 heavy (non-hydrogen) atoms. The summed E-state index contributed by atoms with van der Waals surface area (Å²) in [6.07, 6.45) is 7.15. The molecule has 3 rings (SSSR count). The fourth-order valence-corrected chi connectivity index (χ4v) is 4.69. The van der Waals surface area contributed by atoms with Crippen LogP contribution in [0.15, 0.2) is 53.0 Å². The molecule has 1 heterocycles. The number of anilines is 1. The van der Waals surface area contributed by atoms with Crippen LogP contribution in [0.1, 0.15) is 74.7 Å². The van der Waals surface area contributed by atoms with Gasteiger partial charge < -0.3 is 9.80 Å². The fourth-order valence-electron chi connectivity index (χ4n) is 4.29. The molecular formula is C27H35BrN2O2. The van der Waals surface area contributed by atoms with Crippen molar-refractivity contribution in [2.75, 3.05) is 18.0 Å². The minimum Gasteiger partial charge on any atom is -0.334 e. The van der Waals surface area contributed by atoms with Gasteiger partial charge in [-0.2, -0.15) is 0 Å². The Hall–Kier alpha value is -2.14. The lowest BCUT2D eigenvalue weighted by atomic mass is 10.1. The van der Waals surface area contributed by atoms with Crippen molar-refractivity contribution < 1.29 is 9.59 Å². The summed E-state index contributed by atoms with van der Waals surface area (Å²) in [5.74, 6) is 0.525. The molecule has 2 aromatic rings. The molecule has 0 aliphatic carbocycles. The monoisotopic (exact) mass is 498 g/mol. The van der Waals surface area contributed by atoms with E-state index in [2.05, 4.69) is 35.8 Å². The number of para-hydroxylation sites is 1. The lowest BCUT2D eigenvalue weighted by Crippen LogP contribution is -2.35. The van der Waals surface area contributed by atoms with E-state index in [9.17, 15) is 9.59 Å². The maximum absolute atomic E-state index is 13.4. The molecule has 0 unspecified atom stereocenters. The van der Waals surface area contributed by atoms with Gasteiger partial charge in [-0.15, -0.1) is 0 Å². The van der Waals surface area contributed by atoms with Gasteiger partial charge in [0.05, 0.1) is 0 Å². The molecule has 1 aliphatic rings. The van der Waals surface area contributed by atoms with Crippen LogP contribution < -0.4 is 4.90 Å². The van der Waals surface area contributed by atoms with E-state index in [1.54, 1.807) is 0 Å². The van der Waals surface area contributed by atoms with E-state index in [1.807, 2.05) is 52.3 Å². The lowest BCUT2D eigenvalue weighted by Gasteiger charge is -2.29. The highest BCUT2D eigenvalue weighted by molar-refractivity contribution is 9.10. The van der Waals surface area contributed by atoms with E-state index in [4.69, 9.17) is 0 Å². The van der Waals surface area contributed by atoms with E-state index >= 15 is 0 Å². The second kappa shape index (κ2) is 12.2. The minimum absolute atomic E-state index is 0.0380. The van der Waals surface area contributed by atoms with Crippen molar-refractivity contribution in [2.24, 2.45) is 5.92 Å². The number of carbonyl (C=O) groups is 2. The number of nitrogens with zero attached hydrogens (tertiary/aromatic N) is 2. The molecule has 2 aromatic carbocycles. The van der Waals surface area contributed by atoms with Gasteiger partial charge in [0.2, 0.25) is 5.91 Å². The second-order valence-corrected chi connectivity index (χ2v) is 10.0. The molecule has 2 amide bonds.